The molecule has 0 spiro atoms. The van der Waals surface area contributed by atoms with Crippen molar-refractivity contribution in [3.05, 3.63) is 18.2 Å². The van der Waals surface area contributed by atoms with E-state index in [0.29, 0.717) is 12.0 Å². The van der Waals surface area contributed by atoms with Crippen LogP contribution >= 0.6 is 0 Å². The number of rotatable bonds is 4. The van der Waals surface area contributed by atoms with Gasteiger partial charge in [0.25, 0.3) is 0 Å². The maximum Gasteiger partial charge on any atom is 0.247 e. The van der Waals surface area contributed by atoms with Crippen LogP contribution in [0.15, 0.2) is 12.5 Å². The molecule has 1 aromatic rings. The van der Waals surface area contributed by atoms with Gasteiger partial charge >= 0.3 is 0 Å². The Morgan fingerprint density at radius 1 is 1.69 bits per heavy atom. The zero-order valence-corrected chi connectivity index (χ0v) is 7.20. The fourth-order valence-electron chi connectivity index (χ4n) is 0.933. The second kappa shape index (κ2) is 3.64. The van der Waals surface area contributed by atoms with Crippen LogP contribution in [0.5, 0.6) is 0 Å². The number of alkyl halides is 2. The lowest BCUT2D eigenvalue weighted by Gasteiger charge is -2.10. The van der Waals surface area contributed by atoms with Crippen LogP contribution in [0.3, 0.4) is 0 Å². The number of aromatic nitrogens is 2. The fourth-order valence-corrected chi connectivity index (χ4v) is 0.933. The number of hydrogen-bond acceptors (Lipinski definition) is 2. The summed E-state index contributed by atoms with van der Waals surface area (Å²) >= 11 is 0. The minimum Gasteiger partial charge on any atom is -0.328 e. The van der Waals surface area contributed by atoms with Crippen molar-refractivity contribution >= 4 is 6.29 Å². The number of carbonyl (C=O) groups excluding carboxylic acids is 1. The van der Waals surface area contributed by atoms with Crippen LogP contribution < -0.4 is 0 Å². The topological polar surface area (TPSA) is 34.9 Å². The summed E-state index contributed by atoms with van der Waals surface area (Å²) in [5.41, 5.74) is 0.323. The molecule has 0 amide bonds. The van der Waals surface area contributed by atoms with E-state index in [1.165, 1.54) is 17.1 Å². The Morgan fingerprint density at radius 3 is 2.92 bits per heavy atom. The molecular formula is C8H10F2N2O. The molecule has 1 heterocycles. The summed E-state index contributed by atoms with van der Waals surface area (Å²) in [4.78, 5) is 14.0. The van der Waals surface area contributed by atoms with Gasteiger partial charge in [-0.15, -0.1) is 0 Å². The number of carbonyl (C=O) groups is 1. The maximum atomic E-state index is 12.4. The van der Waals surface area contributed by atoms with Gasteiger partial charge in [-0.25, -0.2) is 13.8 Å². The van der Waals surface area contributed by atoms with Crippen LogP contribution in [0.25, 0.3) is 0 Å². The quantitative estimate of drug-likeness (QED) is 0.674. The number of halogens is 2. The number of imidazole rings is 1. The average molecular weight is 188 g/mol. The predicted molar refractivity (Wildman–Crippen MR) is 42.9 cm³/mol. The molecular weight excluding hydrogens is 178 g/mol. The van der Waals surface area contributed by atoms with Gasteiger partial charge in [0, 0.05) is 13.0 Å². The third kappa shape index (κ3) is 2.93. The molecule has 0 saturated carbocycles. The molecule has 0 fully saturated rings. The highest BCUT2D eigenvalue weighted by molar-refractivity contribution is 5.71. The van der Waals surface area contributed by atoms with Crippen molar-refractivity contribution in [2.24, 2.45) is 0 Å². The summed E-state index contributed by atoms with van der Waals surface area (Å²) in [6.07, 6.45) is 3.03. The molecule has 0 aliphatic rings. The molecule has 13 heavy (non-hydrogen) atoms. The molecule has 72 valence electrons. The molecule has 0 aliphatic heterocycles. The van der Waals surface area contributed by atoms with E-state index in [2.05, 4.69) is 4.98 Å². The lowest BCUT2D eigenvalue weighted by atomic mass is 10.2. The smallest absolute Gasteiger partial charge is 0.247 e. The second-order valence-corrected chi connectivity index (χ2v) is 2.95. The highest BCUT2D eigenvalue weighted by atomic mass is 19.3. The third-order valence-corrected chi connectivity index (χ3v) is 1.66. The summed E-state index contributed by atoms with van der Waals surface area (Å²) in [5, 5.41) is 0. The number of aldehydes is 1. The van der Waals surface area contributed by atoms with E-state index in [1.807, 2.05) is 0 Å². The van der Waals surface area contributed by atoms with Gasteiger partial charge in [0.1, 0.15) is 5.69 Å². The molecule has 0 saturated heterocycles. The van der Waals surface area contributed by atoms with Crippen molar-refractivity contribution in [2.75, 3.05) is 0 Å². The molecule has 0 aromatic carbocycles. The van der Waals surface area contributed by atoms with E-state index in [4.69, 9.17) is 0 Å². The van der Waals surface area contributed by atoms with Crippen molar-refractivity contribution < 1.29 is 13.6 Å². The van der Waals surface area contributed by atoms with Gasteiger partial charge in [-0.05, 0) is 6.92 Å². The summed E-state index contributed by atoms with van der Waals surface area (Å²) in [6.45, 7) is 0.960. The molecule has 0 radical (unpaired) electrons. The summed E-state index contributed by atoms with van der Waals surface area (Å²) < 4.78 is 26.3. The number of aryl methyl sites for hydroxylation is 1. The molecule has 0 bridgehead atoms. The molecule has 5 heteroatoms. The summed E-state index contributed by atoms with van der Waals surface area (Å²) in [7, 11) is 0. The highest BCUT2D eigenvalue weighted by Crippen LogP contribution is 2.17. The van der Waals surface area contributed by atoms with Crippen LogP contribution in [0.1, 0.15) is 23.8 Å². The molecule has 0 aliphatic carbocycles. The maximum absolute atomic E-state index is 12.4. The molecule has 0 unspecified atom stereocenters. The molecule has 1 aromatic heterocycles. The van der Waals surface area contributed by atoms with Crippen LogP contribution in [-0.2, 0) is 6.54 Å². The van der Waals surface area contributed by atoms with Gasteiger partial charge in [-0.3, -0.25) is 4.79 Å². The highest BCUT2D eigenvalue weighted by Gasteiger charge is 2.20. The Morgan fingerprint density at radius 2 is 2.38 bits per heavy atom. The molecule has 0 atom stereocenters. The predicted octanol–water partition coefficient (Wildman–Crippen LogP) is 1.74. The first kappa shape index (κ1) is 9.83. The van der Waals surface area contributed by atoms with Gasteiger partial charge in [-0.1, -0.05) is 0 Å². The SMILES string of the molecule is CC(F)(F)CCn1cncc1C=O. The van der Waals surface area contributed by atoms with E-state index in [-0.39, 0.29) is 13.0 Å². The van der Waals surface area contributed by atoms with Gasteiger partial charge in [0.2, 0.25) is 5.92 Å². The summed E-state index contributed by atoms with van der Waals surface area (Å²) in [5.74, 6) is -2.70. The van der Waals surface area contributed by atoms with Crippen molar-refractivity contribution in [1.29, 1.82) is 0 Å². The standard InChI is InChI=1S/C8H10F2N2O/c1-8(9,10)2-3-12-6-11-4-7(12)5-13/h4-6H,2-3H2,1H3. The van der Waals surface area contributed by atoms with Gasteiger partial charge in [0.05, 0.1) is 12.5 Å². The second-order valence-electron chi connectivity index (χ2n) is 2.95. The Kier molecular flexibility index (Phi) is 2.75. The van der Waals surface area contributed by atoms with Crippen LogP contribution in [0.4, 0.5) is 8.78 Å². The number of hydrogen-bond donors (Lipinski definition) is 0. The third-order valence-electron chi connectivity index (χ3n) is 1.66. The summed E-state index contributed by atoms with van der Waals surface area (Å²) in [6, 6.07) is 0. The van der Waals surface area contributed by atoms with E-state index >= 15 is 0 Å². The number of nitrogens with zero attached hydrogens (tertiary/aromatic N) is 2. The average Bonchev–Trinajstić information content (AvgIpc) is 2.46. The zero-order valence-electron chi connectivity index (χ0n) is 7.20. The molecule has 1 rings (SSSR count). The van der Waals surface area contributed by atoms with Gasteiger partial charge in [-0.2, -0.15) is 0 Å². The van der Waals surface area contributed by atoms with E-state index < -0.39 is 5.92 Å². The van der Waals surface area contributed by atoms with Crippen LogP contribution in [0.2, 0.25) is 0 Å². The first-order chi connectivity index (χ1) is 6.03. The lowest BCUT2D eigenvalue weighted by Crippen LogP contribution is -2.14. The normalized spacial score (nSPS) is 11.6. The van der Waals surface area contributed by atoms with Crippen LogP contribution in [-0.4, -0.2) is 21.8 Å². The lowest BCUT2D eigenvalue weighted by molar-refractivity contribution is 0.00854. The van der Waals surface area contributed by atoms with E-state index in [9.17, 15) is 13.6 Å². The van der Waals surface area contributed by atoms with Crippen LogP contribution in [0, 0.1) is 0 Å². The Bertz CT molecular complexity index is 291. The zero-order chi connectivity index (χ0) is 9.90. The van der Waals surface area contributed by atoms with Crippen molar-refractivity contribution in [3.63, 3.8) is 0 Å². The van der Waals surface area contributed by atoms with E-state index in [0.717, 1.165) is 6.92 Å². The monoisotopic (exact) mass is 188 g/mol. The van der Waals surface area contributed by atoms with Crippen molar-refractivity contribution in [3.8, 4) is 0 Å². The van der Waals surface area contributed by atoms with Crippen molar-refractivity contribution in [1.82, 2.24) is 9.55 Å². The Balaban J connectivity index is 2.59. The minimum atomic E-state index is -2.70. The minimum absolute atomic E-state index is 0.109. The largest absolute Gasteiger partial charge is 0.328 e. The van der Waals surface area contributed by atoms with Gasteiger partial charge < -0.3 is 4.57 Å². The fraction of sp³-hybridized carbons (Fsp3) is 0.500. The molecule has 0 N–H and O–H groups in total. The van der Waals surface area contributed by atoms with Crippen molar-refractivity contribution in [2.45, 2.75) is 25.8 Å². The first-order valence-corrected chi connectivity index (χ1v) is 3.86. The first-order valence-electron chi connectivity index (χ1n) is 3.86. The Labute approximate surface area is 74.4 Å². The van der Waals surface area contributed by atoms with E-state index in [1.54, 1.807) is 0 Å². The van der Waals surface area contributed by atoms with Gasteiger partial charge in [0.15, 0.2) is 6.29 Å². The molecule has 3 nitrogen and oxygen atoms in total. The Hall–Kier alpha value is -1.26.